The minimum Gasteiger partial charge on any atom is -0.368 e. The van der Waals surface area contributed by atoms with Gasteiger partial charge in [0.05, 0.1) is 0 Å². The number of halogens is 1. The minimum atomic E-state index is -0.104. The van der Waals surface area contributed by atoms with Crippen molar-refractivity contribution in [1.82, 2.24) is 10.2 Å². The second kappa shape index (κ2) is 7.23. The van der Waals surface area contributed by atoms with Crippen molar-refractivity contribution < 1.29 is 4.39 Å². The summed E-state index contributed by atoms with van der Waals surface area (Å²) >= 11 is 0. The molecule has 0 radical (unpaired) electrons. The van der Waals surface area contributed by atoms with E-state index in [2.05, 4.69) is 42.1 Å². The second-order valence-corrected chi connectivity index (χ2v) is 5.94. The molecule has 3 nitrogen and oxygen atoms in total. The summed E-state index contributed by atoms with van der Waals surface area (Å²) in [5, 5.41) is 3.34. The molecule has 0 aliphatic carbocycles. The molecule has 1 aromatic rings. The summed E-state index contributed by atoms with van der Waals surface area (Å²) in [6, 6.07) is 6.03. The molecule has 21 heavy (non-hydrogen) atoms. The van der Waals surface area contributed by atoms with Gasteiger partial charge in [0.25, 0.3) is 0 Å². The van der Waals surface area contributed by atoms with Gasteiger partial charge in [-0.15, -0.1) is 0 Å². The molecular formula is C17H28FN3. The summed E-state index contributed by atoms with van der Waals surface area (Å²) in [6.45, 7) is 10.1. The van der Waals surface area contributed by atoms with E-state index in [1.807, 2.05) is 13.0 Å². The molecule has 1 saturated heterocycles. The molecule has 0 spiro atoms. The van der Waals surface area contributed by atoms with Crippen LogP contribution in [0.15, 0.2) is 18.2 Å². The molecular weight excluding hydrogens is 265 g/mol. The van der Waals surface area contributed by atoms with E-state index >= 15 is 0 Å². The summed E-state index contributed by atoms with van der Waals surface area (Å²) in [5.74, 6) is -0.104. The Morgan fingerprint density at radius 3 is 2.76 bits per heavy atom. The zero-order valence-electron chi connectivity index (χ0n) is 13.7. The fourth-order valence-electron chi connectivity index (χ4n) is 3.24. The van der Waals surface area contributed by atoms with Gasteiger partial charge in [0, 0.05) is 43.0 Å². The Hall–Kier alpha value is -1.13. The van der Waals surface area contributed by atoms with Crippen LogP contribution in [-0.4, -0.2) is 44.2 Å². The van der Waals surface area contributed by atoms with Crippen molar-refractivity contribution in [2.45, 2.75) is 39.3 Å². The van der Waals surface area contributed by atoms with Crippen molar-refractivity contribution in [3.63, 3.8) is 0 Å². The first-order valence-corrected chi connectivity index (χ1v) is 8.05. The Bertz CT molecular complexity index is 463. The van der Waals surface area contributed by atoms with Crippen LogP contribution in [0.2, 0.25) is 0 Å². The molecule has 1 aliphatic rings. The number of likely N-dealkylation sites (N-methyl/N-ethyl adjacent to an activating group) is 1. The zero-order valence-corrected chi connectivity index (χ0v) is 13.7. The van der Waals surface area contributed by atoms with Crippen molar-refractivity contribution >= 4 is 5.69 Å². The molecule has 0 saturated carbocycles. The third-order valence-electron chi connectivity index (χ3n) is 4.56. The molecule has 4 heteroatoms. The maximum absolute atomic E-state index is 14.4. The van der Waals surface area contributed by atoms with Gasteiger partial charge in [-0.2, -0.15) is 0 Å². The van der Waals surface area contributed by atoms with Gasteiger partial charge in [0.1, 0.15) is 5.82 Å². The summed E-state index contributed by atoms with van der Waals surface area (Å²) in [4.78, 5) is 4.75. The predicted molar refractivity (Wildman–Crippen MR) is 87.4 cm³/mol. The summed E-state index contributed by atoms with van der Waals surface area (Å²) in [5.41, 5.74) is 1.86. The summed E-state index contributed by atoms with van der Waals surface area (Å²) in [7, 11) is 2.18. The van der Waals surface area contributed by atoms with Gasteiger partial charge in [0.15, 0.2) is 0 Å². The molecule has 0 bridgehead atoms. The first-order chi connectivity index (χ1) is 10.1. The number of rotatable bonds is 5. The minimum absolute atomic E-state index is 0.0333. The van der Waals surface area contributed by atoms with E-state index < -0.39 is 0 Å². The van der Waals surface area contributed by atoms with Crippen LogP contribution >= 0.6 is 0 Å². The quantitative estimate of drug-likeness (QED) is 0.900. The first kappa shape index (κ1) is 16.2. The monoisotopic (exact) mass is 293 g/mol. The zero-order chi connectivity index (χ0) is 15.4. The van der Waals surface area contributed by atoms with Gasteiger partial charge < -0.3 is 10.2 Å². The van der Waals surface area contributed by atoms with Crippen LogP contribution in [0.5, 0.6) is 0 Å². The predicted octanol–water partition coefficient (Wildman–Crippen LogP) is 3.03. The first-order valence-electron chi connectivity index (χ1n) is 8.05. The second-order valence-electron chi connectivity index (χ2n) is 5.94. The Morgan fingerprint density at radius 1 is 1.33 bits per heavy atom. The van der Waals surface area contributed by atoms with E-state index in [9.17, 15) is 4.39 Å². The molecule has 0 aromatic heterocycles. The number of anilines is 1. The molecule has 0 amide bonds. The standard InChI is InChI=1S/C17H28FN3/c1-5-14-12-21(11-10-20(14)4)16-9-7-8-15(18)17(16)13(3)19-6-2/h7-9,13-14,19H,5-6,10-12H2,1-4H3. The number of hydrogen-bond donors (Lipinski definition) is 1. The highest BCUT2D eigenvalue weighted by Gasteiger charge is 2.26. The highest BCUT2D eigenvalue weighted by Crippen LogP contribution is 2.30. The van der Waals surface area contributed by atoms with Crippen LogP contribution < -0.4 is 10.2 Å². The van der Waals surface area contributed by atoms with Crippen LogP contribution in [0.1, 0.15) is 38.8 Å². The molecule has 2 rings (SSSR count). The van der Waals surface area contributed by atoms with Gasteiger partial charge in [-0.3, -0.25) is 4.90 Å². The smallest absolute Gasteiger partial charge is 0.130 e. The van der Waals surface area contributed by atoms with E-state index in [1.54, 1.807) is 6.07 Å². The number of nitrogens with one attached hydrogen (secondary N) is 1. The fraction of sp³-hybridized carbons (Fsp3) is 0.647. The third-order valence-corrected chi connectivity index (χ3v) is 4.56. The largest absolute Gasteiger partial charge is 0.368 e. The Balaban J connectivity index is 2.29. The van der Waals surface area contributed by atoms with Crippen molar-refractivity contribution in [1.29, 1.82) is 0 Å². The van der Waals surface area contributed by atoms with E-state index in [1.165, 1.54) is 0 Å². The highest BCUT2D eigenvalue weighted by molar-refractivity contribution is 5.56. The van der Waals surface area contributed by atoms with E-state index in [0.29, 0.717) is 6.04 Å². The molecule has 2 unspecified atom stereocenters. The van der Waals surface area contributed by atoms with Crippen molar-refractivity contribution in [2.24, 2.45) is 0 Å². The van der Waals surface area contributed by atoms with Crippen LogP contribution in [0, 0.1) is 5.82 Å². The number of piperazine rings is 1. The molecule has 1 aliphatic heterocycles. The van der Waals surface area contributed by atoms with E-state index in [4.69, 9.17) is 0 Å². The Kier molecular flexibility index (Phi) is 5.59. The van der Waals surface area contributed by atoms with Gasteiger partial charge in [-0.05, 0) is 39.1 Å². The lowest BCUT2D eigenvalue weighted by Crippen LogP contribution is -2.51. The average molecular weight is 293 g/mol. The Labute approximate surface area is 128 Å². The lowest BCUT2D eigenvalue weighted by molar-refractivity contribution is 0.213. The maximum Gasteiger partial charge on any atom is 0.130 e. The lowest BCUT2D eigenvalue weighted by atomic mass is 10.0. The number of hydrogen-bond acceptors (Lipinski definition) is 3. The number of benzene rings is 1. The van der Waals surface area contributed by atoms with Crippen LogP contribution in [0.4, 0.5) is 10.1 Å². The topological polar surface area (TPSA) is 18.5 Å². The molecule has 118 valence electrons. The molecule has 1 aromatic carbocycles. The van der Waals surface area contributed by atoms with Gasteiger partial charge in [-0.1, -0.05) is 19.9 Å². The van der Waals surface area contributed by atoms with E-state index in [-0.39, 0.29) is 11.9 Å². The Morgan fingerprint density at radius 2 is 2.10 bits per heavy atom. The SMILES string of the molecule is CCNC(C)c1c(F)cccc1N1CCN(C)C(CC)C1. The van der Waals surface area contributed by atoms with Crippen LogP contribution in [0.25, 0.3) is 0 Å². The maximum atomic E-state index is 14.4. The highest BCUT2D eigenvalue weighted by atomic mass is 19.1. The normalized spacial score (nSPS) is 21.6. The van der Waals surface area contributed by atoms with Crippen molar-refractivity contribution in [3.8, 4) is 0 Å². The summed E-state index contributed by atoms with van der Waals surface area (Å²) in [6.07, 6.45) is 1.13. The van der Waals surface area contributed by atoms with Gasteiger partial charge in [-0.25, -0.2) is 4.39 Å². The lowest BCUT2D eigenvalue weighted by Gasteiger charge is -2.41. The molecule has 1 fully saturated rings. The van der Waals surface area contributed by atoms with E-state index in [0.717, 1.165) is 43.9 Å². The molecule has 2 atom stereocenters. The number of nitrogens with zero attached hydrogens (tertiary/aromatic N) is 2. The van der Waals surface area contributed by atoms with Crippen LogP contribution in [-0.2, 0) is 0 Å². The molecule has 1 N–H and O–H groups in total. The van der Waals surface area contributed by atoms with Gasteiger partial charge in [0.2, 0.25) is 0 Å². The third kappa shape index (κ3) is 3.55. The summed E-state index contributed by atoms with van der Waals surface area (Å²) < 4.78 is 14.4. The van der Waals surface area contributed by atoms with Crippen molar-refractivity contribution in [3.05, 3.63) is 29.6 Å². The van der Waals surface area contributed by atoms with Gasteiger partial charge >= 0.3 is 0 Å². The molecule has 1 heterocycles. The fourth-order valence-corrected chi connectivity index (χ4v) is 3.24. The average Bonchev–Trinajstić information content (AvgIpc) is 2.47. The van der Waals surface area contributed by atoms with Crippen LogP contribution in [0.3, 0.4) is 0 Å². The van der Waals surface area contributed by atoms with Crippen molar-refractivity contribution in [2.75, 3.05) is 38.1 Å².